The molecular weight excluding hydrogens is 364 g/mol. The number of rotatable bonds is 9. The van der Waals surface area contributed by atoms with Gasteiger partial charge < -0.3 is 4.90 Å². The maximum absolute atomic E-state index is 13.2. The van der Waals surface area contributed by atoms with Gasteiger partial charge in [0.2, 0.25) is 5.91 Å². The van der Waals surface area contributed by atoms with Crippen LogP contribution in [0.4, 0.5) is 0 Å². The van der Waals surface area contributed by atoms with Gasteiger partial charge in [0.1, 0.15) is 0 Å². The van der Waals surface area contributed by atoms with Crippen LogP contribution in [0.3, 0.4) is 0 Å². The maximum atomic E-state index is 13.2. The Morgan fingerprint density at radius 2 is 1.57 bits per heavy atom. The lowest BCUT2D eigenvalue weighted by Crippen LogP contribution is -2.37. The lowest BCUT2D eigenvalue weighted by atomic mass is 10.1. The van der Waals surface area contributed by atoms with E-state index in [4.69, 9.17) is 0 Å². The van der Waals surface area contributed by atoms with Crippen LogP contribution in [0.15, 0.2) is 85.2 Å². The molecule has 0 spiro atoms. The van der Waals surface area contributed by atoms with E-state index in [1.165, 1.54) is 11.1 Å². The Morgan fingerprint density at radius 1 is 0.929 bits per heavy atom. The molecule has 0 radical (unpaired) electrons. The highest BCUT2D eigenvalue weighted by Crippen LogP contribution is 2.20. The fraction of sp³-hybridized carbons (Fsp3) is 0.250. The molecule has 0 fully saturated rings. The van der Waals surface area contributed by atoms with Crippen LogP contribution >= 0.6 is 11.8 Å². The largest absolute Gasteiger partial charge is 0.337 e. The molecule has 1 heterocycles. The highest BCUT2D eigenvalue weighted by atomic mass is 32.2. The summed E-state index contributed by atoms with van der Waals surface area (Å²) in [6.07, 6.45) is 4.45. The molecule has 0 saturated carbocycles. The van der Waals surface area contributed by atoms with Gasteiger partial charge in [0, 0.05) is 31.2 Å². The van der Waals surface area contributed by atoms with Crippen molar-refractivity contribution in [3.63, 3.8) is 0 Å². The Kier molecular flexibility index (Phi) is 7.68. The summed E-state index contributed by atoms with van der Waals surface area (Å²) >= 11 is 1.69. The van der Waals surface area contributed by atoms with Crippen LogP contribution < -0.4 is 0 Å². The molecule has 0 saturated heterocycles. The molecule has 1 amide bonds. The van der Waals surface area contributed by atoms with Gasteiger partial charge in [0.05, 0.1) is 5.25 Å². The van der Waals surface area contributed by atoms with Crippen LogP contribution in [0.1, 0.15) is 23.6 Å². The van der Waals surface area contributed by atoms with E-state index in [1.807, 2.05) is 66.6 Å². The van der Waals surface area contributed by atoms with Gasteiger partial charge in [-0.1, -0.05) is 66.7 Å². The van der Waals surface area contributed by atoms with Crippen LogP contribution in [0.2, 0.25) is 0 Å². The molecule has 3 nitrogen and oxygen atoms in total. The maximum Gasteiger partial charge on any atom is 0.235 e. The van der Waals surface area contributed by atoms with Gasteiger partial charge in [-0.3, -0.25) is 9.78 Å². The number of carbonyl (C=O) groups excluding carboxylic acids is 1. The second-order valence-electron chi connectivity index (χ2n) is 6.80. The topological polar surface area (TPSA) is 33.2 Å². The van der Waals surface area contributed by atoms with Crippen molar-refractivity contribution in [3.05, 3.63) is 102 Å². The fourth-order valence-corrected chi connectivity index (χ4v) is 3.94. The smallest absolute Gasteiger partial charge is 0.235 e. The minimum Gasteiger partial charge on any atom is -0.337 e. The normalized spacial score (nSPS) is 11.8. The quantitative estimate of drug-likeness (QED) is 0.517. The standard InChI is InChI=1S/C24H26N2OS/c1-20(28-19-22-11-6-3-7-12-22)24(27)26(18-23-13-8-15-25-17-23)16-14-21-9-4-2-5-10-21/h2-13,15,17,20H,14,16,18-19H2,1H3. The molecule has 144 valence electrons. The van der Waals surface area contributed by atoms with Crippen molar-refractivity contribution >= 4 is 17.7 Å². The van der Waals surface area contributed by atoms with E-state index >= 15 is 0 Å². The van der Waals surface area contributed by atoms with Crippen molar-refractivity contribution in [2.45, 2.75) is 30.9 Å². The Labute approximate surface area is 171 Å². The third-order valence-corrected chi connectivity index (χ3v) is 5.81. The van der Waals surface area contributed by atoms with Gasteiger partial charge in [-0.2, -0.15) is 0 Å². The molecule has 0 bridgehead atoms. The van der Waals surface area contributed by atoms with E-state index in [0.29, 0.717) is 13.1 Å². The van der Waals surface area contributed by atoms with E-state index < -0.39 is 0 Å². The van der Waals surface area contributed by atoms with Crippen LogP contribution in [0.5, 0.6) is 0 Å². The molecule has 3 rings (SSSR count). The Hall–Kier alpha value is -2.59. The van der Waals surface area contributed by atoms with Crippen molar-refractivity contribution < 1.29 is 4.79 Å². The minimum absolute atomic E-state index is 0.0901. The van der Waals surface area contributed by atoms with Gasteiger partial charge in [0.15, 0.2) is 0 Å². The average Bonchev–Trinajstić information content (AvgIpc) is 2.76. The number of aromatic nitrogens is 1. The monoisotopic (exact) mass is 390 g/mol. The zero-order valence-electron chi connectivity index (χ0n) is 16.2. The van der Waals surface area contributed by atoms with E-state index in [9.17, 15) is 4.79 Å². The zero-order chi connectivity index (χ0) is 19.6. The number of thioether (sulfide) groups is 1. The van der Waals surface area contributed by atoms with Gasteiger partial charge in [0.25, 0.3) is 0 Å². The predicted octanol–water partition coefficient (Wildman–Crippen LogP) is 4.97. The molecular formula is C24H26N2OS. The van der Waals surface area contributed by atoms with Crippen LogP contribution in [0, 0.1) is 0 Å². The van der Waals surface area contributed by atoms with E-state index in [2.05, 4.69) is 29.2 Å². The SMILES string of the molecule is CC(SCc1ccccc1)C(=O)N(CCc1ccccc1)Cc1cccnc1. The highest BCUT2D eigenvalue weighted by molar-refractivity contribution is 7.99. The van der Waals surface area contributed by atoms with Crippen molar-refractivity contribution in [3.8, 4) is 0 Å². The summed E-state index contributed by atoms with van der Waals surface area (Å²) in [4.78, 5) is 19.3. The molecule has 0 aliphatic carbocycles. The molecule has 0 aliphatic heterocycles. The highest BCUT2D eigenvalue weighted by Gasteiger charge is 2.21. The van der Waals surface area contributed by atoms with Gasteiger partial charge in [-0.25, -0.2) is 0 Å². The van der Waals surface area contributed by atoms with Gasteiger partial charge >= 0.3 is 0 Å². The Morgan fingerprint density at radius 3 is 2.21 bits per heavy atom. The lowest BCUT2D eigenvalue weighted by Gasteiger charge is -2.26. The molecule has 0 aliphatic rings. The molecule has 28 heavy (non-hydrogen) atoms. The molecule has 4 heteroatoms. The number of benzene rings is 2. The minimum atomic E-state index is -0.0901. The van der Waals surface area contributed by atoms with Crippen LogP contribution in [-0.4, -0.2) is 27.6 Å². The van der Waals surface area contributed by atoms with E-state index in [-0.39, 0.29) is 11.2 Å². The number of pyridine rings is 1. The zero-order valence-corrected chi connectivity index (χ0v) is 17.0. The number of amides is 1. The summed E-state index contributed by atoms with van der Waals surface area (Å²) in [5.74, 6) is 1.02. The summed E-state index contributed by atoms with van der Waals surface area (Å²) in [6.45, 7) is 3.30. The van der Waals surface area contributed by atoms with Crippen LogP contribution in [0.25, 0.3) is 0 Å². The molecule has 3 aromatic rings. The van der Waals surface area contributed by atoms with Crippen molar-refractivity contribution in [2.24, 2.45) is 0 Å². The summed E-state index contributed by atoms with van der Waals surface area (Å²) in [6, 6.07) is 24.6. The number of hydrogen-bond acceptors (Lipinski definition) is 3. The summed E-state index contributed by atoms with van der Waals surface area (Å²) in [5.41, 5.74) is 3.55. The van der Waals surface area contributed by atoms with Crippen LogP contribution in [-0.2, 0) is 23.5 Å². The summed E-state index contributed by atoms with van der Waals surface area (Å²) in [5, 5.41) is -0.0901. The van der Waals surface area contributed by atoms with Crippen molar-refractivity contribution in [1.82, 2.24) is 9.88 Å². The van der Waals surface area contributed by atoms with Crippen molar-refractivity contribution in [1.29, 1.82) is 0 Å². The molecule has 1 aromatic heterocycles. The Balaban J connectivity index is 1.64. The first-order valence-electron chi connectivity index (χ1n) is 9.59. The van der Waals surface area contributed by atoms with E-state index in [0.717, 1.165) is 17.7 Å². The number of carbonyl (C=O) groups is 1. The number of nitrogens with zero attached hydrogens (tertiary/aromatic N) is 2. The Bertz CT molecular complexity index is 840. The molecule has 1 atom stereocenters. The average molecular weight is 391 g/mol. The molecule has 0 N–H and O–H groups in total. The summed E-state index contributed by atoms with van der Waals surface area (Å²) < 4.78 is 0. The van der Waals surface area contributed by atoms with Gasteiger partial charge in [-0.15, -0.1) is 11.8 Å². The third kappa shape index (κ3) is 6.24. The van der Waals surface area contributed by atoms with Crippen molar-refractivity contribution in [2.75, 3.05) is 6.54 Å². The first-order valence-corrected chi connectivity index (χ1v) is 10.6. The predicted molar refractivity (Wildman–Crippen MR) is 117 cm³/mol. The second kappa shape index (κ2) is 10.7. The van der Waals surface area contributed by atoms with Gasteiger partial charge in [-0.05, 0) is 36.1 Å². The molecule has 2 aromatic carbocycles. The molecule has 1 unspecified atom stereocenters. The fourth-order valence-electron chi connectivity index (χ4n) is 3.01. The first kappa shape index (κ1) is 20.2. The first-order chi connectivity index (χ1) is 13.7. The third-order valence-electron chi connectivity index (χ3n) is 4.61. The summed E-state index contributed by atoms with van der Waals surface area (Å²) in [7, 11) is 0. The lowest BCUT2D eigenvalue weighted by molar-refractivity contribution is -0.130. The number of hydrogen-bond donors (Lipinski definition) is 0. The second-order valence-corrected chi connectivity index (χ2v) is 8.12. The van der Waals surface area contributed by atoms with E-state index in [1.54, 1.807) is 18.0 Å².